The number of alkyl halides is 3. The van der Waals surface area contributed by atoms with Gasteiger partial charge in [0.25, 0.3) is 0 Å². The molecule has 3 nitrogen and oxygen atoms in total. The normalized spacial score (nSPS) is 13.0. The van der Waals surface area contributed by atoms with Crippen LogP contribution in [0.3, 0.4) is 0 Å². The van der Waals surface area contributed by atoms with Crippen molar-refractivity contribution in [2.45, 2.75) is 24.9 Å². The molecule has 0 saturated carbocycles. The van der Waals surface area contributed by atoms with Crippen LogP contribution >= 0.6 is 0 Å². The van der Waals surface area contributed by atoms with E-state index in [0.29, 0.717) is 0 Å². The highest BCUT2D eigenvalue weighted by Crippen LogP contribution is 2.33. The lowest BCUT2D eigenvalue weighted by Crippen LogP contribution is -2.29. The highest BCUT2D eigenvalue weighted by atomic mass is 32.2. The molecule has 0 saturated heterocycles. The Balaban J connectivity index is 3.17. The molecule has 0 radical (unpaired) electrons. The fraction of sp³-hybridized carbons (Fsp3) is 0.455. The minimum atomic E-state index is -4.69. The lowest BCUT2D eigenvalue weighted by molar-refractivity contribution is -0.139. The van der Waals surface area contributed by atoms with Crippen LogP contribution in [0.25, 0.3) is 0 Å². The van der Waals surface area contributed by atoms with Gasteiger partial charge in [0.15, 0.2) is 0 Å². The molecule has 1 rings (SSSR count). The first-order valence-electron chi connectivity index (χ1n) is 5.30. The molecule has 0 atom stereocenters. The van der Waals surface area contributed by atoms with Gasteiger partial charge in [0.05, 0.1) is 10.5 Å². The van der Waals surface area contributed by atoms with Gasteiger partial charge < -0.3 is 0 Å². The maximum Gasteiger partial charge on any atom is 0.417 e. The van der Waals surface area contributed by atoms with E-state index >= 15 is 0 Å². The highest BCUT2D eigenvalue weighted by molar-refractivity contribution is 7.89. The Morgan fingerprint density at radius 1 is 1.22 bits per heavy atom. The van der Waals surface area contributed by atoms with Crippen LogP contribution in [0.15, 0.2) is 29.2 Å². The predicted molar refractivity (Wildman–Crippen MR) is 61.5 cm³/mol. The summed E-state index contributed by atoms with van der Waals surface area (Å²) in [7, 11) is -4.14. The fourth-order valence-electron chi connectivity index (χ4n) is 1.29. The minimum Gasteiger partial charge on any atom is -0.211 e. The number of rotatable bonds is 4. The van der Waals surface area contributed by atoms with Gasteiger partial charge in [-0.15, -0.1) is 0 Å². The first kappa shape index (κ1) is 15.0. The van der Waals surface area contributed by atoms with Crippen molar-refractivity contribution in [2.75, 3.05) is 6.54 Å². The largest absolute Gasteiger partial charge is 0.417 e. The van der Waals surface area contributed by atoms with Crippen LogP contribution in [0.2, 0.25) is 0 Å². The van der Waals surface area contributed by atoms with Gasteiger partial charge in [-0.2, -0.15) is 13.2 Å². The van der Waals surface area contributed by atoms with Gasteiger partial charge >= 0.3 is 6.18 Å². The van der Waals surface area contributed by atoms with Crippen LogP contribution in [0, 0.1) is 5.92 Å². The molecule has 0 bridgehead atoms. The summed E-state index contributed by atoms with van der Waals surface area (Å²) >= 11 is 0. The van der Waals surface area contributed by atoms with Crippen LogP contribution in [-0.4, -0.2) is 15.0 Å². The number of hydrogen-bond acceptors (Lipinski definition) is 2. The summed E-state index contributed by atoms with van der Waals surface area (Å²) in [5.74, 6) is 0.0119. The molecule has 1 aromatic carbocycles. The Morgan fingerprint density at radius 3 is 2.28 bits per heavy atom. The van der Waals surface area contributed by atoms with Gasteiger partial charge in [0, 0.05) is 6.54 Å². The molecule has 102 valence electrons. The van der Waals surface area contributed by atoms with Crippen LogP contribution in [0.4, 0.5) is 13.2 Å². The second-order valence-electron chi connectivity index (χ2n) is 4.24. The number of nitrogens with one attached hydrogen (secondary N) is 1. The average molecular weight is 281 g/mol. The average Bonchev–Trinajstić information content (AvgIpc) is 2.25. The smallest absolute Gasteiger partial charge is 0.211 e. The second-order valence-corrected chi connectivity index (χ2v) is 5.98. The van der Waals surface area contributed by atoms with Gasteiger partial charge in [0.1, 0.15) is 0 Å². The Morgan fingerprint density at radius 2 is 1.78 bits per heavy atom. The van der Waals surface area contributed by atoms with Crippen LogP contribution in [0.5, 0.6) is 0 Å². The summed E-state index contributed by atoms with van der Waals surface area (Å²) < 4.78 is 63.8. The molecule has 0 unspecified atom stereocenters. The van der Waals surface area contributed by atoms with Crippen LogP contribution < -0.4 is 4.72 Å². The van der Waals surface area contributed by atoms with Crippen LogP contribution in [0.1, 0.15) is 19.4 Å². The maximum atomic E-state index is 12.7. The molecule has 0 heterocycles. The number of benzene rings is 1. The molecule has 0 fully saturated rings. The lowest BCUT2D eigenvalue weighted by atomic mass is 10.2. The Bertz CT molecular complexity index is 509. The zero-order valence-electron chi connectivity index (χ0n) is 9.95. The molecule has 1 aromatic rings. The topological polar surface area (TPSA) is 46.2 Å². The molecule has 7 heteroatoms. The van der Waals surface area contributed by atoms with E-state index < -0.39 is 26.7 Å². The van der Waals surface area contributed by atoms with E-state index in [1.165, 1.54) is 6.07 Å². The van der Waals surface area contributed by atoms with E-state index in [4.69, 9.17) is 0 Å². The third kappa shape index (κ3) is 3.71. The molecular formula is C11H14F3NO2S. The quantitative estimate of drug-likeness (QED) is 0.922. The zero-order valence-corrected chi connectivity index (χ0v) is 10.8. The van der Waals surface area contributed by atoms with E-state index in [2.05, 4.69) is 4.72 Å². The van der Waals surface area contributed by atoms with Crippen molar-refractivity contribution in [2.24, 2.45) is 5.92 Å². The fourth-order valence-corrected chi connectivity index (χ4v) is 2.73. The summed E-state index contributed by atoms with van der Waals surface area (Å²) in [5, 5.41) is 0. The number of halogens is 3. The first-order chi connectivity index (χ1) is 8.14. The van der Waals surface area contributed by atoms with E-state index in [0.717, 1.165) is 18.2 Å². The third-order valence-electron chi connectivity index (χ3n) is 2.16. The van der Waals surface area contributed by atoms with Crippen molar-refractivity contribution >= 4 is 10.0 Å². The molecule has 18 heavy (non-hydrogen) atoms. The highest BCUT2D eigenvalue weighted by Gasteiger charge is 2.36. The zero-order chi connectivity index (χ0) is 14.0. The van der Waals surface area contributed by atoms with Crippen LogP contribution in [-0.2, 0) is 16.2 Å². The molecule has 0 aromatic heterocycles. The molecule has 0 aliphatic rings. The van der Waals surface area contributed by atoms with E-state index in [9.17, 15) is 21.6 Å². The molecular weight excluding hydrogens is 267 g/mol. The van der Waals surface area contributed by atoms with Gasteiger partial charge in [-0.3, -0.25) is 0 Å². The summed E-state index contributed by atoms with van der Waals surface area (Å²) in [6.45, 7) is 3.62. The maximum absolute atomic E-state index is 12.7. The van der Waals surface area contributed by atoms with Gasteiger partial charge in [-0.1, -0.05) is 26.0 Å². The van der Waals surface area contributed by atoms with Gasteiger partial charge in [-0.25, -0.2) is 13.1 Å². The Kier molecular flexibility index (Phi) is 4.39. The second kappa shape index (κ2) is 5.27. The summed E-state index contributed by atoms with van der Waals surface area (Å²) in [5.41, 5.74) is -1.15. The minimum absolute atomic E-state index is 0.0119. The van der Waals surface area contributed by atoms with Gasteiger partial charge in [-0.05, 0) is 18.1 Å². The first-order valence-corrected chi connectivity index (χ1v) is 6.79. The van der Waals surface area contributed by atoms with E-state index in [1.807, 2.05) is 0 Å². The van der Waals surface area contributed by atoms with Crippen molar-refractivity contribution in [3.8, 4) is 0 Å². The van der Waals surface area contributed by atoms with Crippen molar-refractivity contribution in [3.05, 3.63) is 29.8 Å². The Labute approximate surface area is 104 Å². The van der Waals surface area contributed by atoms with Crippen molar-refractivity contribution in [1.82, 2.24) is 4.72 Å². The van der Waals surface area contributed by atoms with Crippen molar-refractivity contribution < 1.29 is 21.6 Å². The standard InChI is InChI=1S/C11H14F3NO2S/c1-8(2)7-15-18(16,17)10-6-4-3-5-9(10)11(12,13)14/h3-6,8,15H,7H2,1-2H3. The molecule has 1 N–H and O–H groups in total. The number of sulfonamides is 1. The molecule has 0 aliphatic carbocycles. The predicted octanol–water partition coefficient (Wildman–Crippen LogP) is 2.64. The summed E-state index contributed by atoms with van der Waals surface area (Å²) in [6, 6.07) is 4.12. The lowest BCUT2D eigenvalue weighted by Gasteiger charge is -2.14. The molecule has 0 aliphatic heterocycles. The third-order valence-corrected chi connectivity index (χ3v) is 3.65. The number of hydrogen-bond donors (Lipinski definition) is 1. The molecule has 0 amide bonds. The van der Waals surface area contributed by atoms with Crippen molar-refractivity contribution in [3.63, 3.8) is 0 Å². The van der Waals surface area contributed by atoms with E-state index in [1.54, 1.807) is 13.8 Å². The summed E-state index contributed by atoms with van der Waals surface area (Å²) in [6.07, 6.45) is -4.69. The van der Waals surface area contributed by atoms with Gasteiger partial charge in [0.2, 0.25) is 10.0 Å². The molecule has 0 spiro atoms. The SMILES string of the molecule is CC(C)CNS(=O)(=O)c1ccccc1C(F)(F)F. The monoisotopic (exact) mass is 281 g/mol. The van der Waals surface area contributed by atoms with E-state index in [-0.39, 0.29) is 12.5 Å². The van der Waals surface area contributed by atoms with Crippen molar-refractivity contribution in [1.29, 1.82) is 0 Å². The summed E-state index contributed by atoms with van der Waals surface area (Å²) in [4.78, 5) is -0.738. The Hall–Kier alpha value is -1.08.